The second-order valence-electron chi connectivity index (χ2n) is 4.78. The van der Waals surface area contributed by atoms with E-state index < -0.39 is 6.04 Å². The summed E-state index contributed by atoms with van der Waals surface area (Å²) in [4.78, 5) is 27.7. The van der Waals surface area contributed by atoms with Crippen molar-refractivity contribution in [3.8, 4) is 5.75 Å². The Bertz CT molecular complexity index is 516. The van der Waals surface area contributed by atoms with E-state index in [1.807, 2.05) is 31.2 Å². The molecule has 1 saturated heterocycles. The average Bonchev–Trinajstić information content (AvgIpc) is 2.49. The molecule has 5 nitrogen and oxygen atoms in total. The van der Waals surface area contributed by atoms with Gasteiger partial charge in [0.1, 0.15) is 11.8 Å². The third-order valence-corrected chi connectivity index (χ3v) is 3.65. The summed E-state index contributed by atoms with van der Waals surface area (Å²) in [5.41, 5.74) is 0.760. The Morgan fingerprint density at radius 2 is 2.05 bits per heavy atom. The molecule has 108 valence electrons. The standard InChI is InChI=1S/C15H20N2O3/c1-4-14(18)16-9-10-17(15(19)11(16)2)12-7-5-6-8-13(12)20-3/h5-8,11H,4,9-10H2,1-3H3. The summed E-state index contributed by atoms with van der Waals surface area (Å²) in [6.45, 7) is 4.64. The molecule has 0 saturated carbocycles. The Hall–Kier alpha value is -2.04. The number of hydrogen-bond donors (Lipinski definition) is 0. The van der Waals surface area contributed by atoms with E-state index in [2.05, 4.69) is 0 Å². The molecule has 1 unspecified atom stereocenters. The van der Waals surface area contributed by atoms with Gasteiger partial charge in [-0.3, -0.25) is 9.59 Å². The number of methoxy groups -OCH3 is 1. The maximum Gasteiger partial charge on any atom is 0.249 e. The number of carbonyl (C=O) groups is 2. The molecule has 5 heteroatoms. The van der Waals surface area contributed by atoms with Crippen LogP contribution >= 0.6 is 0 Å². The van der Waals surface area contributed by atoms with Gasteiger partial charge in [0.05, 0.1) is 12.8 Å². The van der Waals surface area contributed by atoms with Crippen LogP contribution in [0.4, 0.5) is 5.69 Å². The number of hydrogen-bond acceptors (Lipinski definition) is 3. The lowest BCUT2D eigenvalue weighted by Gasteiger charge is -2.39. The Kier molecular flexibility index (Phi) is 4.27. The van der Waals surface area contributed by atoms with Crippen LogP contribution in [0.3, 0.4) is 0 Å². The number of anilines is 1. The molecule has 1 fully saturated rings. The van der Waals surface area contributed by atoms with Crippen molar-refractivity contribution in [2.45, 2.75) is 26.3 Å². The van der Waals surface area contributed by atoms with Crippen LogP contribution in [-0.2, 0) is 9.59 Å². The van der Waals surface area contributed by atoms with Crippen molar-refractivity contribution >= 4 is 17.5 Å². The minimum atomic E-state index is -0.430. The van der Waals surface area contributed by atoms with Crippen LogP contribution in [0.2, 0.25) is 0 Å². The van der Waals surface area contributed by atoms with Crippen LogP contribution in [0, 0.1) is 0 Å². The number of benzene rings is 1. The Morgan fingerprint density at radius 1 is 1.35 bits per heavy atom. The van der Waals surface area contributed by atoms with E-state index in [1.54, 1.807) is 23.8 Å². The second kappa shape index (κ2) is 5.94. The summed E-state index contributed by atoms with van der Waals surface area (Å²) in [5, 5.41) is 0. The minimum absolute atomic E-state index is 0.0190. The first kappa shape index (κ1) is 14.4. The van der Waals surface area contributed by atoms with E-state index in [1.165, 1.54) is 0 Å². The first-order valence-electron chi connectivity index (χ1n) is 6.84. The number of carbonyl (C=O) groups excluding carboxylic acids is 2. The van der Waals surface area contributed by atoms with Crippen LogP contribution in [-0.4, -0.2) is 43.0 Å². The third-order valence-electron chi connectivity index (χ3n) is 3.65. The van der Waals surface area contributed by atoms with Gasteiger partial charge >= 0.3 is 0 Å². The SMILES string of the molecule is CCC(=O)N1CCN(c2ccccc2OC)C(=O)C1C. The molecule has 20 heavy (non-hydrogen) atoms. The van der Waals surface area contributed by atoms with Gasteiger partial charge in [0.15, 0.2) is 0 Å². The van der Waals surface area contributed by atoms with Crippen molar-refractivity contribution in [2.24, 2.45) is 0 Å². The lowest BCUT2D eigenvalue weighted by molar-refractivity contribution is -0.140. The van der Waals surface area contributed by atoms with Gasteiger partial charge in [-0.25, -0.2) is 0 Å². The zero-order valence-corrected chi connectivity index (χ0v) is 12.1. The molecule has 0 radical (unpaired) electrons. The molecule has 0 N–H and O–H groups in total. The van der Waals surface area contributed by atoms with E-state index >= 15 is 0 Å². The molecular formula is C15H20N2O3. The van der Waals surface area contributed by atoms with Crippen LogP contribution in [0.15, 0.2) is 24.3 Å². The van der Waals surface area contributed by atoms with Gasteiger partial charge in [-0.05, 0) is 19.1 Å². The summed E-state index contributed by atoms with van der Waals surface area (Å²) in [6.07, 6.45) is 0.423. The van der Waals surface area contributed by atoms with Crippen molar-refractivity contribution in [3.63, 3.8) is 0 Å². The highest BCUT2D eigenvalue weighted by Gasteiger charge is 2.35. The normalized spacial score (nSPS) is 19.1. The van der Waals surface area contributed by atoms with Crippen LogP contribution in [0.1, 0.15) is 20.3 Å². The molecule has 1 aliphatic rings. The van der Waals surface area contributed by atoms with E-state index in [4.69, 9.17) is 4.74 Å². The van der Waals surface area contributed by atoms with Gasteiger partial charge in [0.2, 0.25) is 11.8 Å². The number of rotatable bonds is 3. The van der Waals surface area contributed by atoms with Crippen molar-refractivity contribution in [3.05, 3.63) is 24.3 Å². The molecule has 1 atom stereocenters. The zero-order valence-electron chi connectivity index (χ0n) is 12.1. The van der Waals surface area contributed by atoms with E-state index in [0.29, 0.717) is 25.3 Å². The summed E-state index contributed by atoms with van der Waals surface area (Å²) < 4.78 is 5.30. The molecule has 0 bridgehead atoms. The van der Waals surface area contributed by atoms with E-state index in [9.17, 15) is 9.59 Å². The lowest BCUT2D eigenvalue weighted by atomic mass is 10.1. The molecule has 0 spiro atoms. The summed E-state index contributed by atoms with van der Waals surface area (Å²) in [5.74, 6) is 0.622. The Morgan fingerprint density at radius 3 is 2.70 bits per heavy atom. The molecule has 1 aromatic carbocycles. The lowest BCUT2D eigenvalue weighted by Crippen LogP contribution is -2.57. The zero-order chi connectivity index (χ0) is 14.7. The smallest absolute Gasteiger partial charge is 0.249 e. The van der Waals surface area contributed by atoms with Gasteiger partial charge in [-0.15, -0.1) is 0 Å². The highest BCUT2D eigenvalue weighted by atomic mass is 16.5. The highest BCUT2D eigenvalue weighted by Crippen LogP contribution is 2.30. The monoisotopic (exact) mass is 276 g/mol. The number of piperazine rings is 1. The van der Waals surface area contributed by atoms with Gasteiger partial charge < -0.3 is 14.5 Å². The molecule has 1 aromatic rings. The molecule has 0 aromatic heterocycles. The van der Waals surface area contributed by atoms with Crippen LogP contribution < -0.4 is 9.64 Å². The summed E-state index contributed by atoms with van der Waals surface area (Å²) >= 11 is 0. The molecular weight excluding hydrogens is 256 g/mol. The number of amides is 2. The molecule has 2 rings (SSSR count). The van der Waals surface area contributed by atoms with Crippen molar-refractivity contribution in [1.29, 1.82) is 0 Å². The predicted molar refractivity (Wildman–Crippen MR) is 76.8 cm³/mol. The van der Waals surface area contributed by atoms with Crippen molar-refractivity contribution < 1.29 is 14.3 Å². The quantitative estimate of drug-likeness (QED) is 0.844. The van der Waals surface area contributed by atoms with Gasteiger partial charge in [-0.2, -0.15) is 0 Å². The van der Waals surface area contributed by atoms with Crippen molar-refractivity contribution in [2.75, 3.05) is 25.1 Å². The number of para-hydroxylation sites is 2. The Balaban J connectivity index is 2.25. The highest BCUT2D eigenvalue weighted by molar-refractivity contribution is 6.01. The van der Waals surface area contributed by atoms with E-state index in [0.717, 1.165) is 5.69 Å². The van der Waals surface area contributed by atoms with Gasteiger partial charge in [0, 0.05) is 19.5 Å². The van der Waals surface area contributed by atoms with Crippen molar-refractivity contribution in [1.82, 2.24) is 4.90 Å². The van der Waals surface area contributed by atoms with E-state index in [-0.39, 0.29) is 11.8 Å². The largest absolute Gasteiger partial charge is 0.495 e. The van der Waals surface area contributed by atoms with Crippen LogP contribution in [0.25, 0.3) is 0 Å². The van der Waals surface area contributed by atoms with Crippen LogP contribution in [0.5, 0.6) is 5.75 Å². The average molecular weight is 276 g/mol. The first-order valence-corrected chi connectivity index (χ1v) is 6.84. The number of ether oxygens (including phenoxy) is 1. The number of nitrogens with zero attached hydrogens (tertiary/aromatic N) is 2. The molecule has 2 amide bonds. The Labute approximate surface area is 119 Å². The fourth-order valence-corrected chi connectivity index (χ4v) is 2.51. The summed E-state index contributed by atoms with van der Waals surface area (Å²) in [7, 11) is 1.59. The third kappa shape index (κ3) is 2.48. The summed E-state index contributed by atoms with van der Waals surface area (Å²) in [6, 6.07) is 7.01. The maximum atomic E-state index is 12.5. The molecule has 0 aliphatic carbocycles. The fourth-order valence-electron chi connectivity index (χ4n) is 2.51. The minimum Gasteiger partial charge on any atom is -0.495 e. The van der Waals surface area contributed by atoms with Gasteiger partial charge in [0.25, 0.3) is 0 Å². The molecule has 1 heterocycles. The second-order valence-corrected chi connectivity index (χ2v) is 4.78. The topological polar surface area (TPSA) is 49.9 Å². The fraction of sp³-hybridized carbons (Fsp3) is 0.467. The van der Waals surface area contributed by atoms with Gasteiger partial charge in [-0.1, -0.05) is 19.1 Å². The molecule has 1 aliphatic heterocycles. The first-order chi connectivity index (χ1) is 9.60. The maximum absolute atomic E-state index is 12.5. The predicted octanol–water partition coefficient (Wildman–Crippen LogP) is 1.67.